The van der Waals surface area contributed by atoms with Crippen LogP contribution in [0.4, 0.5) is 0 Å². The Bertz CT molecular complexity index is 288. The number of Topliss-reactive ketones (excluding diaryl/α,β-unsaturated/α-hetero) is 1. The molecule has 3 heteroatoms. The van der Waals surface area contributed by atoms with Crippen molar-refractivity contribution in [3.63, 3.8) is 0 Å². The molecule has 0 spiro atoms. The minimum Gasteiger partial charge on any atom is -0.294 e. The van der Waals surface area contributed by atoms with Crippen LogP contribution in [0.1, 0.15) is 40.4 Å². The number of carbonyl (C=O) groups excluding carboxylic acids is 1. The van der Waals surface area contributed by atoms with E-state index in [2.05, 4.69) is 4.98 Å². The van der Waals surface area contributed by atoms with Crippen molar-refractivity contribution < 1.29 is 4.79 Å². The van der Waals surface area contributed by atoms with Gasteiger partial charge in [0, 0.05) is 19.0 Å². The highest BCUT2D eigenvalue weighted by molar-refractivity contribution is 7.13. The highest BCUT2D eigenvalue weighted by atomic mass is 32.1. The molecule has 1 aromatic rings. The van der Waals surface area contributed by atoms with E-state index >= 15 is 0 Å². The van der Waals surface area contributed by atoms with Gasteiger partial charge in [-0.3, -0.25) is 4.79 Å². The Morgan fingerprint density at radius 2 is 2.45 bits per heavy atom. The molecule has 1 saturated carbocycles. The van der Waals surface area contributed by atoms with Crippen LogP contribution in [0.3, 0.4) is 0 Å². The molecule has 0 atom stereocenters. The van der Waals surface area contributed by atoms with E-state index in [4.69, 9.17) is 0 Å². The van der Waals surface area contributed by atoms with Gasteiger partial charge in [-0.15, -0.1) is 11.3 Å². The summed E-state index contributed by atoms with van der Waals surface area (Å²) < 4.78 is 0. The van der Waals surface area contributed by atoms with Gasteiger partial charge in [-0.05, 0) is 12.8 Å². The number of thiazole rings is 1. The van der Waals surface area contributed by atoms with Gasteiger partial charge >= 0.3 is 0 Å². The van der Waals surface area contributed by atoms with Crippen LogP contribution in [0, 0.1) is 0 Å². The van der Waals surface area contributed by atoms with E-state index in [0.29, 0.717) is 5.92 Å². The Morgan fingerprint density at radius 3 is 2.91 bits per heavy atom. The molecule has 0 bridgehead atoms. The highest BCUT2D eigenvalue weighted by Gasteiger charge is 2.26. The second-order valence-electron chi connectivity index (χ2n) is 2.89. The van der Waals surface area contributed by atoms with Gasteiger partial charge in [0.05, 0.1) is 9.88 Å². The minimum absolute atomic E-state index is 0.134. The average Bonchev–Trinajstić information content (AvgIpc) is 2.68. The van der Waals surface area contributed by atoms with Crippen LogP contribution in [0.5, 0.6) is 0 Å². The van der Waals surface area contributed by atoms with Crippen molar-refractivity contribution in [1.82, 2.24) is 4.98 Å². The van der Waals surface area contributed by atoms with Crippen molar-refractivity contribution in [2.24, 2.45) is 0 Å². The first-order chi connectivity index (χ1) is 5.27. The van der Waals surface area contributed by atoms with Crippen molar-refractivity contribution in [2.45, 2.75) is 25.7 Å². The number of ketones is 1. The lowest BCUT2D eigenvalue weighted by atomic mass is 10.4. The lowest BCUT2D eigenvalue weighted by molar-refractivity contribution is 0.102. The largest absolute Gasteiger partial charge is 0.294 e. The van der Waals surface area contributed by atoms with Gasteiger partial charge in [-0.1, -0.05) is 0 Å². The van der Waals surface area contributed by atoms with Gasteiger partial charge in [-0.25, -0.2) is 4.98 Å². The summed E-state index contributed by atoms with van der Waals surface area (Å²) >= 11 is 1.55. The maximum Gasteiger partial charge on any atom is 0.171 e. The zero-order chi connectivity index (χ0) is 7.84. The second-order valence-corrected chi connectivity index (χ2v) is 3.96. The summed E-state index contributed by atoms with van der Waals surface area (Å²) in [5.74, 6) is 0.808. The predicted octanol–water partition coefficient (Wildman–Crippen LogP) is 2.22. The molecule has 11 heavy (non-hydrogen) atoms. The number of hydrogen-bond acceptors (Lipinski definition) is 3. The van der Waals surface area contributed by atoms with Crippen molar-refractivity contribution in [1.29, 1.82) is 0 Å². The SMILES string of the molecule is CC(=O)c1cnc(C2CC2)s1. The molecule has 58 valence electrons. The van der Waals surface area contributed by atoms with Gasteiger partial charge < -0.3 is 0 Å². The van der Waals surface area contributed by atoms with Crippen molar-refractivity contribution in [2.75, 3.05) is 0 Å². The summed E-state index contributed by atoms with van der Waals surface area (Å²) in [5.41, 5.74) is 0. The molecule has 0 aromatic carbocycles. The van der Waals surface area contributed by atoms with Gasteiger partial charge in [0.15, 0.2) is 5.78 Å². The predicted molar refractivity (Wildman–Crippen MR) is 44.1 cm³/mol. The van der Waals surface area contributed by atoms with E-state index in [0.717, 1.165) is 9.88 Å². The van der Waals surface area contributed by atoms with Crippen molar-refractivity contribution in [3.8, 4) is 0 Å². The molecule has 0 aliphatic heterocycles. The number of hydrogen-bond donors (Lipinski definition) is 0. The van der Waals surface area contributed by atoms with E-state index in [9.17, 15) is 4.79 Å². The second kappa shape index (κ2) is 2.41. The first-order valence-corrected chi connectivity index (χ1v) is 4.55. The fourth-order valence-electron chi connectivity index (χ4n) is 0.969. The molecule has 0 saturated heterocycles. The molecule has 1 aliphatic carbocycles. The van der Waals surface area contributed by atoms with Gasteiger partial charge in [0.25, 0.3) is 0 Å². The quantitative estimate of drug-likeness (QED) is 0.632. The summed E-state index contributed by atoms with van der Waals surface area (Å²) in [6.07, 6.45) is 4.20. The Kier molecular flexibility index (Phi) is 1.53. The molecule has 0 amide bonds. The molecule has 0 unspecified atom stereocenters. The molecule has 1 fully saturated rings. The van der Waals surface area contributed by atoms with Crippen molar-refractivity contribution >= 4 is 17.1 Å². The normalized spacial score (nSPS) is 16.8. The Balaban J connectivity index is 2.25. The summed E-state index contributed by atoms with van der Waals surface area (Å²) in [7, 11) is 0. The van der Waals surface area contributed by atoms with Crippen LogP contribution in [0.2, 0.25) is 0 Å². The summed E-state index contributed by atoms with van der Waals surface area (Å²) in [4.78, 5) is 15.9. The number of rotatable bonds is 2. The number of aromatic nitrogens is 1. The van der Waals surface area contributed by atoms with Crippen LogP contribution in [0.15, 0.2) is 6.20 Å². The fourth-order valence-corrected chi connectivity index (χ4v) is 1.95. The molecular formula is C8H9NOS. The van der Waals surface area contributed by atoms with Crippen LogP contribution >= 0.6 is 11.3 Å². The molecule has 2 rings (SSSR count). The van der Waals surface area contributed by atoms with Crippen LogP contribution in [0.25, 0.3) is 0 Å². The van der Waals surface area contributed by atoms with E-state index in [1.165, 1.54) is 12.8 Å². The zero-order valence-corrected chi connectivity index (χ0v) is 7.15. The molecule has 1 aromatic heterocycles. The summed E-state index contributed by atoms with van der Waals surface area (Å²) in [6, 6.07) is 0. The van der Waals surface area contributed by atoms with Crippen molar-refractivity contribution in [3.05, 3.63) is 16.1 Å². The summed E-state index contributed by atoms with van der Waals surface area (Å²) in [5, 5.41) is 1.15. The van der Waals surface area contributed by atoms with Crippen LogP contribution in [-0.4, -0.2) is 10.8 Å². The van der Waals surface area contributed by atoms with Gasteiger partial charge in [-0.2, -0.15) is 0 Å². The minimum atomic E-state index is 0.134. The first-order valence-electron chi connectivity index (χ1n) is 3.74. The van der Waals surface area contributed by atoms with E-state index in [1.807, 2.05) is 0 Å². The van der Waals surface area contributed by atoms with Gasteiger partial charge in [0.1, 0.15) is 0 Å². The third kappa shape index (κ3) is 1.33. The third-order valence-electron chi connectivity index (χ3n) is 1.80. The van der Waals surface area contributed by atoms with E-state index < -0.39 is 0 Å². The fraction of sp³-hybridized carbons (Fsp3) is 0.500. The van der Waals surface area contributed by atoms with E-state index in [1.54, 1.807) is 24.5 Å². The summed E-state index contributed by atoms with van der Waals surface area (Å²) in [6.45, 7) is 1.59. The standard InChI is InChI=1S/C8H9NOS/c1-5(10)7-4-9-8(11-7)6-2-3-6/h4,6H,2-3H2,1H3. The smallest absolute Gasteiger partial charge is 0.171 e. The molecular weight excluding hydrogens is 158 g/mol. The zero-order valence-electron chi connectivity index (χ0n) is 6.33. The topological polar surface area (TPSA) is 30.0 Å². The van der Waals surface area contributed by atoms with Gasteiger partial charge in [0.2, 0.25) is 0 Å². The molecule has 0 N–H and O–H groups in total. The molecule has 1 aliphatic rings. The number of carbonyl (C=O) groups is 1. The van der Waals surface area contributed by atoms with E-state index in [-0.39, 0.29) is 5.78 Å². The lowest BCUT2D eigenvalue weighted by Crippen LogP contribution is -1.83. The highest BCUT2D eigenvalue weighted by Crippen LogP contribution is 2.41. The molecule has 2 nitrogen and oxygen atoms in total. The first kappa shape index (κ1) is 6.98. The Morgan fingerprint density at radius 1 is 1.73 bits per heavy atom. The number of nitrogens with zero attached hydrogens (tertiary/aromatic N) is 1. The molecule has 1 heterocycles. The lowest BCUT2D eigenvalue weighted by Gasteiger charge is -1.83. The Hall–Kier alpha value is -0.700. The monoisotopic (exact) mass is 167 g/mol. The van der Waals surface area contributed by atoms with Crippen LogP contribution < -0.4 is 0 Å². The van der Waals surface area contributed by atoms with Crippen LogP contribution in [-0.2, 0) is 0 Å². The maximum absolute atomic E-state index is 10.9. The maximum atomic E-state index is 10.9. The average molecular weight is 167 g/mol. The molecule has 0 radical (unpaired) electrons. The Labute approximate surface area is 69.3 Å². The third-order valence-corrected chi connectivity index (χ3v) is 3.06.